The van der Waals surface area contributed by atoms with Crippen LogP contribution in [-0.4, -0.2) is 29.6 Å². The van der Waals surface area contributed by atoms with Crippen molar-refractivity contribution in [1.82, 2.24) is 5.32 Å². The van der Waals surface area contributed by atoms with Crippen LogP contribution in [-0.2, 0) is 24.7 Å². The summed E-state index contributed by atoms with van der Waals surface area (Å²) in [4.78, 5) is 35.1. The zero-order valence-corrected chi connectivity index (χ0v) is 12.6. The first kappa shape index (κ1) is 16.2. The topological polar surface area (TPSA) is 92.7 Å². The second kappa shape index (κ2) is 6.51. The van der Waals surface area contributed by atoms with Crippen molar-refractivity contribution < 1.29 is 24.2 Å². The van der Waals surface area contributed by atoms with Crippen LogP contribution in [0.25, 0.3) is 0 Å². The van der Waals surface area contributed by atoms with E-state index in [2.05, 4.69) is 21.2 Å². The highest BCUT2D eigenvalue weighted by Crippen LogP contribution is 2.26. The maximum absolute atomic E-state index is 12.1. The van der Waals surface area contributed by atoms with E-state index >= 15 is 0 Å². The first-order valence-electron chi connectivity index (χ1n) is 5.80. The summed E-state index contributed by atoms with van der Waals surface area (Å²) in [6.07, 6.45) is 0. The Labute approximate surface area is 124 Å². The van der Waals surface area contributed by atoms with Gasteiger partial charge < -0.3 is 15.2 Å². The van der Waals surface area contributed by atoms with Gasteiger partial charge in [-0.15, -0.1) is 0 Å². The van der Waals surface area contributed by atoms with Crippen LogP contribution in [0.15, 0.2) is 28.7 Å². The van der Waals surface area contributed by atoms with Crippen LogP contribution >= 0.6 is 15.9 Å². The Hall–Kier alpha value is -1.89. The van der Waals surface area contributed by atoms with E-state index in [-0.39, 0.29) is 12.2 Å². The third kappa shape index (κ3) is 3.16. The van der Waals surface area contributed by atoms with Gasteiger partial charge in [-0.05, 0) is 19.1 Å². The first-order valence-corrected chi connectivity index (χ1v) is 6.59. The minimum absolute atomic E-state index is 0.00144. The number of nitrogens with one attached hydrogen (secondary N) is 1. The number of hydrogen-bond donors (Lipinski definition) is 2. The molecule has 1 unspecified atom stereocenters. The number of halogens is 1. The zero-order valence-electron chi connectivity index (χ0n) is 11.0. The quantitative estimate of drug-likeness (QED) is 0.623. The molecule has 0 heterocycles. The third-order valence-electron chi connectivity index (χ3n) is 2.52. The fourth-order valence-electron chi connectivity index (χ4n) is 1.73. The first-order chi connectivity index (χ1) is 9.34. The van der Waals surface area contributed by atoms with Crippen LogP contribution in [0.1, 0.15) is 19.4 Å². The van der Waals surface area contributed by atoms with Gasteiger partial charge >= 0.3 is 11.9 Å². The molecule has 108 valence electrons. The van der Waals surface area contributed by atoms with Crippen molar-refractivity contribution >= 4 is 33.8 Å². The van der Waals surface area contributed by atoms with Gasteiger partial charge in [-0.2, -0.15) is 0 Å². The molecule has 1 rings (SSSR count). The molecule has 0 bridgehead atoms. The number of benzene rings is 1. The molecule has 6 nitrogen and oxygen atoms in total. The Balaban J connectivity index is 3.48. The van der Waals surface area contributed by atoms with E-state index in [1.165, 1.54) is 12.1 Å². The van der Waals surface area contributed by atoms with Crippen molar-refractivity contribution in [3.63, 3.8) is 0 Å². The Kier molecular flexibility index (Phi) is 5.26. The average Bonchev–Trinajstić information content (AvgIpc) is 2.35. The lowest BCUT2D eigenvalue weighted by molar-refractivity contribution is -0.165. The van der Waals surface area contributed by atoms with Crippen LogP contribution < -0.4 is 5.32 Å². The molecule has 1 aromatic carbocycles. The number of aliphatic carboxylic acids is 1. The number of rotatable bonds is 5. The van der Waals surface area contributed by atoms with Crippen molar-refractivity contribution in [3.05, 3.63) is 34.3 Å². The molecule has 1 amide bonds. The molecule has 2 N–H and O–H groups in total. The maximum Gasteiger partial charge on any atom is 0.348 e. The highest BCUT2D eigenvalue weighted by atomic mass is 79.9. The van der Waals surface area contributed by atoms with Gasteiger partial charge in [-0.25, -0.2) is 9.59 Å². The highest BCUT2D eigenvalue weighted by molar-refractivity contribution is 9.10. The van der Waals surface area contributed by atoms with Gasteiger partial charge in [0.25, 0.3) is 5.54 Å². The fraction of sp³-hybridized carbons (Fsp3) is 0.308. The molecule has 0 saturated heterocycles. The van der Waals surface area contributed by atoms with Crippen LogP contribution in [0.4, 0.5) is 0 Å². The Morgan fingerprint density at radius 2 is 2.05 bits per heavy atom. The van der Waals surface area contributed by atoms with E-state index in [4.69, 9.17) is 4.74 Å². The normalized spacial score (nSPS) is 13.2. The van der Waals surface area contributed by atoms with Gasteiger partial charge in [0, 0.05) is 17.0 Å². The molecule has 0 aliphatic carbocycles. The Morgan fingerprint density at radius 3 is 2.50 bits per heavy atom. The van der Waals surface area contributed by atoms with Gasteiger partial charge in [0.2, 0.25) is 5.91 Å². The SMILES string of the molecule is CCOC(=O)C(NC(C)=O)(C(=O)O)c1cccc(Br)c1. The molecule has 0 radical (unpaired) electrons. The van der Waals surface area contributed by atoms with E-state index in [9.17, 15) is 19.5 Å². The monoisotopic (exact) mass is 343 g/mol. The molecule has 1 atom stereocenters. The van der Waals surface area contributed by atoms with Crippen molar-refractivity contribution in [3.8, 4) is 0 Å². The number of carbonyl (C=O) groups is 3. The molecule has 0 spiro atoms. The van der Waals surface area contributed by atoms with Crippen LogP contribution in [0, 0.1) is 0 Å². The van der Waals surface area contributed by atoms with Gasteiger partial charge in [0.1, 0.15) is 0 Å². The molecule has 7 heteroatoms. The number of esters is 1. The number of hydrogen-bond acceptors (Lipinski definition) is 4. The number of amides is 1. The number of carboxylic acids is 1. The standard InChI is InChI=1S/C13H14BrNO5/c1-3-20-12(19)13(11(17)18,15-8(2)16)9-5-4-6-10(14)7-9/h4-7H,3H2,1-2H3,(H,15,16)(H,17,18). The Morgan fingerprint density at radius 1 is 1.40 bits per heavy atom. The lowest BCUT2D eigenvalue weighted by atomic mass is 9.89. The van der Waals surface area contributed by atoms with Crippen molar-refractivity contribution in [2.75, 3.05) is 6.61 Å². The maximum atomic E-state index is 12.1. The molecule has 0 aliphatic rings. The van der Waals surface area contributed by atoms with Crippen molar-refractivity contribution in [2.24, 2.45) is 0 Å². The lowest BCUT2D eigenvalue weighted by Gasteiger charge is -2.28. The molecule has 0 saturated carbocycles. The predicted octanol–water partition coefficient (Wildman–Crippen LogP) is 1.43. The zero-order chi connectivity index (χ0) is 15.3. The average molecular weight is 344 g/mol. The van der Waals surface area contributed by atoms with Gasteiger partial charge in [-0.3, -0.25) is 4.79 Å². The van der Waals surface area contributed by atoms with Crippen LogP contribution in [0.5, 0.6) is 0 Å². The molecular weight excluding hydrogens is 330 g/mol. The van der Waals surface area contributed by atoms with E-state index in [1.807, 2.05) is 0 Å². The van der Waals surface area contributed by atoms with E-state index in [1.54, 1.807) is 19.1 Å². The van der Waals surface area contributed by atoms with E-state index < -0.39 is 23.4 Å². The summed E-state index contributed by atoms with van der Waals surface area (Å²) in [5.41, 5.74) is -2.15. The molecule has 0 aromatic heterocycles. The molecule has 20 heavy (non-hydrogen) atoms. The number of carboxylic acid groups (broad SMARTS) is 1. The van der Waals surface area contributed by atoms with E-state index in [0.29, 0.717) is 4.47 Å². The second-order valence-corrected chi connectivity index (χ2v) is 4.88. The van der Waals surface area contributed by atoms with Crippen molar-refractivity contribution in [2.45, 2.75) is 19.4 Å². The summed E-state index contributed by atoms with van der Waals surface area (Å²) in [5.74, 6) is -3.20. The summed E-state index contributed by atoms with van der Waals surface area (Å²) in [6.45, 7) is 2.69. The summed E-state index contributed by atoms with van der Waals surface area (Å²) >= 11 is 3.20. The van der Waals surface area contributed by atoms with Crippen LogP contribution in [0.2, 0.25) is 0 Å². The van der Waals surface area contributed by atoms with Crippen LogP contribution in [0.3, 0.4) is 0 Å². The molecule has 1 aromatic rings. The van der Waals surface area contributed by atoms with Gasteiger partial charge in [0.15, 0.2) is 0 Å². The highest BCUT2D eigenvalue weighted by Gasteiger charge is 2.50. The minimum atomic E-state index is -2.26. The Bertz CT molecular complexity index is 545. The predicted molar refractivity (Wildman–Crippen MR) is 73.9 cm³/mol. The van der Waals surface area contributed by atoms with Crippen molar-refractivity contribution in [1.29, 1.82) is 0 Å². The minimum Gasteiger partial charge on any atom is -0.479 e. The second-order valence-electron chi connectivity index (χ2n) is 3.97. The lowest BCUT2D eigenvalue weighted by Crippen LogP contribution is -2.57. The number of carbonyl (C=O) groups excluding carboxylic acids is 2. The summed E-state index contributed by atoms with van der Waals surface area (Å²) in [6, 6.07) is 6.12. The summed E-state index contributed by atoms with van der Waals surface area (Å²) in [5, 5.41) is 11.7. The molecular formula is C13H14BrNO5. The summed E-state index contributed by atoms with van der Waals surface area (Å²) in [7, 11) is 0. The number of ether oxygens (including phenoxy) is 1. The fourth-order valence-corrected chi connectivity index (χ4v) is 2.13. The van der Waals surface area contributed by atoms with Gasteiger partial charge in [-0.1, -0.05) is 28.1 Å². The molecule has 0 fully saturated rings. The largest absolute Gasteiger partial charge is 0.479 e. The van der Waals surface area contributed by atoms with Gasteiger partial charge in [0.05, 0.1) is 6.61 Å². The van der Waals surface area contributed by atoms with E-state index in [0.717, 1.165) is 6.92 Å². The smallest absolute Gasteiger partial charge is 0.348 e. The third-order valence-corrected chi connectivity index (χ3v) is 3.02. The summed E-state index contributed by atoms with van der Waals surface area (Å²) < 4.78 is 5.39. The molecule has 0 aliphatic heterocycles.